The number of nitrogens with one attached hydrogen (secondary N) is 1. The van der Waals surface area contributed by atoms with E-state index in [2.05, 4.69) is 10.3 Å². The molecule has 0 saturated heterocycles. The smallest absolute Gasteiger partial charge is 0.226 e. The van der Waals surface area contributed by atoms with Crippen molar-refractivity contribution in [2.24, 2.45) is 0 Å². The van der Waals surface area contributed by atoms with Gasteiger partial charge in [0, 0.05) is 17.9 Å². The first kappa shape index (κ1) is 19.0. The maximum Gasteiger partial charge on any atom is 0.226 e. The van der Waals surface area contributed by atoms with Crippen molar-refractivity contribution < 1.29 is 18.7 Å². The summed E-state index contributed by atoms with van der Waals surface area (Å²) < 4.78 is 27.4. The molecule has 4 rings (SSSR count). The van der Waals surface area contributed by atoms with Crippen molar-refractivity contribution in [1.82, 2.24) is 9.55 Å². The van der Waals surface area contributed by atoms with Gasteiger partial charge in [0.1, 0.15) is 18.0 Å². The lowest BCUT2D eigenvalue weighted by atomic mass is 9.89. The molecule has 1 atom stereocenters. The molecular weight excluding hydrogens is 373 g/mol. The molecule has 0 spiro atoms. The van der Waals surface area contributed by atoms with Crippen LogP contribution >= 0.6 is 0 Å². The van der Waals surface area contributed by atoms with Crippen LogP contribution in [0.4, 0.5) is 10.2 Å². The predicted molar refractivity (Wildman–Crippen MR) is 107 cm³/mol. The predicted octanol–water partition coefficient (Wildman–Crippen LogP) is 4.28. The van der Waals surface area contributed by atoms with E-state index in [0.717, 1.165) is 5.56 Å². The molecular formula is C22H22FN3O3. The number of amides is 1. The number of imidazole rings is 1. The first-order valence-corrected chi connectivity index (χ1v) is 9.45. The van der Waals surface area contributed by atoms with E-state index in [9.17, 15) is 9.18 Å². The topological polar surface area (TPSA) is 65.4 Å². The lowest BCUT2D eigenvalue weighted by Crippen LogP contribution is -2.25. The molecule has 3 aromatic rings. The fraction of sp³-hybridized carbons (Fsp3) is 0.273. The molecule has 1 amide bonds. The van der Waals surface area contributed by atoms with Gasteiger partial charge < -0.3 is 14.8 Å². The van der Waals surface area contributed by atoms with Crippen LogP contribution in [0, 0.1) is 5.82 Å². The fourth-order valence-electron chi connectivity index (χ4n) is 3.62. The van der Waals surface area contributed by atoms with E-state index in [1.807, 2.05) is 32.0 Å². The van der Waals surface area contributed by atoms with Gasteiger partial charge in [-0.3, -0.25) is 9.36 Å². The molecule has 1 aliphatic heterocycles. The molecule has 150 valence electrons. The Morgan fingerprint density at radius 1 is 1.21 bits per heavy atom. The highest BCUT2D eigenvalue weighted by molar-refractivity contribution is 5.94. The number of para-hydroxylation sites is 2. The van der Waals surface area contributed by atoms with Gasteiger partial charge >= 0.3 is 0 Å². The molecule has 0 saturated carbocycles. The minimum atomic E-state index is -0.394. The quantitative estimate of drug-likeness (QED) is 0.700. The molecule has 0 unspecified atom stereocenters. The first-order chi connectivity index (χ1) is 14.0. The monoisotopic (exact) mass is 395 g/mol. The van der Waals surface area contributed by atoms with Crippen LogP contribution in [0.25, 0.3) is 5.69 Å². The van der Waals surface area contributed by atoms with Crippen molar-refractivity contribution in [1.29, 1.82) is 0 Å². The normalized spacial score (nSPS) is 15.8. The Bertz CT molecular complexity index is 1060. The van der Waals surface area contributed by atoms with Gasteiger partial charge in [0.05, 0.1) is 24.6 Å². The molecule has 0 fully saturated rings. The maximum absolute atomic E-state index is 14.3. The lowest BCUT2D eigenvalue weighted by Gasteiger charge is -2.26. The number of rotatable bonds is 5. The lowest BCUT2D eigenvalue weighted by molar-refractivity contribution is -0.116. The Balaban J connectivity index is 1.86. The number of aromatic nitrogens is 2. The highest BCUT2D eigenvalue weighted by Gasteiger charge is 2.34. The zero-order chi connectivity index (χ0) is 20.5. The van der Waals surface area contributed by atoms with Gasteiger partial charge in [0.15, 0.2) is 11.5 Å². The summed E-state index contributed by atoms with van der Waals surface area (Å²) in [4.78, 5) is 17.1. The van der Waals surface area contributed by atoms with E-state index in [1.54, 1.807) is 29.9 Å². The number of fused-ring (bicyclic) bond motifs is 1. The Morgan fingerprint density at radius 3 is 2.72 bits per heavy atom. The molecule has 0 aliphatic carbocycles. The molecule has 1 N–H and O–H groups in total. The molecule has 1 aliphatic rings. The van der Waals surface area contributed by atoms with Gasteiger partial charge in [-0.2, -0.15) is 0 Å². The summed E-state index contributed by atoms with van der Waals surface area (Å²) in [6.45, 7) is 3.87. The third-order valence-corrected chi connectivity index (χ3v) is 4.84. The van der Waals surface area contributed by atoms with Crippen LogP contribution in [0.3, 0.4) is 0 Å². The number of carbonyl (C=O) groups excluding carboxylic acids is 1. The van der Waals surface area contributed by atoms with Crippen molar-refractivity contribution in [2.45, 2.75) is 32.3 Å². The standard InChI is InChI=1S/C22H22FN3O3/c1-13(2)29-21-14(7-6-10-18(21)28-3)15-11-19(27)25-22-20(15)24-12-26(22)17-9-5-4-8-16(17)23/h4-10,12-13,15H,11H2,1-3H3,(H,25,27)/t15-/m0/s1. The van der Waals surface area contributed by atoms with Gasteiger partial charge in [-0.25, -0.2) is 9.37 Å². The van der Waals surface area contributed by atoms with Gasteiger partial charge in [0.2, 0.25) is 5.91 Å². The summed E-state index contributed by atoms with van der Waals surface area (Å²) in [6, 6.07) is 12.0. The number of anilines is 1. The van der Waals surface area contributed by atoms with E-state index in [4.69, 9.17) is 9.47 Å². The highest BCUT2D eigenvalue weighted by Crippen LogP contribution is 2.44. The van der Waals surface area contributed by atoms with Gasteiger partial charge in [-0.1, -0.05) is 24.3 Å². The van der Waals surface area contributed by atoms with Crippen molar-refractivity contribution >= 4 is 11.7 Å². The molecule has 0 bridgehead atoms. The van der Waals surface area contributed by atoms with E-state index >= 15 is 0 Å². The molecule has 2 heterocycles. The largest absolute Gasteiger partial charge is 0.493 e. The summed E-state index contributed by atoms with van der Waals surface area (Å²) in [7, 11) is 1.58. The second-order valence-corrected chi connectivity index (χ2v) is 7.15. The molecule has 6 nitrogen and oxygen atoms in total. The van der Waals surface area contributed by atoms with Crippen LogP contribution in [0.1, 0.15) is 37.4 Å². The minimum Gasteiger partial charge on any atom is -0.493 e. The average molecular weight is 395 g/mol. The van der Waals surface area contributed by atoms with Crippen LogP contribution in [-0.2, 0) is 4.79 Å². The number of benzene rings is 2. The third kappa shape index (κ3) is 3.44. The maximum atomic E-state index is 14.3. The van der Waals surface area contributed by atoms with Crippen molar-refractivity contribution in [3.63, 3.8) is 0 Å². The summed E-state index contributed by atoms with van der Waals surface area (Å²) in [5.74, 6) is 0.756. The zero-order valence-electron chi connectivity index (χ0n) is 16.5. The van der Waals surface area contributed by atoms with Gasteiger partial charge in [0.25, 0.3) is 0 Å². The second kappa shape index (κ2) is 7.58. The number of methoxy groups -OCH3 is 1. The Hall–Kier alpha value is -3.35. The van der Waals surface area contributed by atoms with Crippen molar-refractivity contribution in [2.75, 3.05) is 12.4 Å². The Morgan fingerprint density at radius 2 is 2.00 bits per heavy atom. The van der Waals surface area contributed by atoms with E-state index in [1.165, 1.54) is 12.4 Å². The fourth-order valence-corrected chi connectivity index (χ4v) is 3.62. The summed E-state index contributed by atoms with van der Waals surface area (Å²) >= 11 is 0. The van der Waals surface area contributed by atoms with Gasteiger partial charge in [-0.05, 0) is 32.0 Å². The van der Waals surface area contributed by atoms with E-state index < -0.39 is 5.82 Å². The van der Waals surface area contributed by atoms with E-state index in [-0.39, 0.29) is 24.3 Å². The Labute approximate surface area is 168 Å². The highest BCUT2D eigenvalue weighted by atomic mass is 19.1. The van der Waals surface area contributed by atoms with Crippen LogP contribution in [0.5, 0.6) is 11.5 Å². The molecule has 29 heavy (non-hydrogen) atoms. The van der Waals surface area contributed by atoms with Crippen LogP contribution in [-0.4, -0.2) is 28.7 Å². The van der Waals surface area contributed by atoms with Crippen molar-refractivity contribution in [3.05, 3.63) is 65.9 Å². The minimum absolute atomic E-state index is 0.0714. The van der Waals surface area contributed by atoms with Crippen LogP contribution in [0.15, 0.2) is 48.8 Å². The SMILES string of the molecule is COc1cccc([C@@H]2CC(=O)Nc3c2ncn3-c2ccccc2F)c1OC(C)C. The molecule has 2 aromatic carbocycles. The van der Waals surface area contributed by atoms with Gasteiger partial charge in [-0.15, -0.1) is 0 Å². The Kier molecular flexibility index (Phi) is 4.96. The number of nitrogens with zero attached hydrogens (tertiary/aromatic N) is 2. The number of ether oxygens (including phenoxy) is 2. The van der Waals surface area contributed by atoms with Crippen LogP contribution in [0.2, 0.25) is 0 Å². The number of hydrogen-bond donors (Lipinski definition) is 1. The molecule has 0 radical (unpaired) electrons. The van der Waals surface area contributed by atoms with Crippen molar-refractivity contribution in [3.8, 4) is 17.2 Å². The number of halogens is 1. The second-order valence-electron chi connectivity index (χ2n) is 7.15. The first-order valence-electron chi connectivity index (χ1n) is 9.45. The average Bonchev–Trinajstić information content (AvgIpc) is 3.11. The summed E-state index contributed by atoms with van der Waals surface area (Å²) in [5, 5.41) is 2.85. The third-order valence-electron chi connectivity index (χ3n) is 4.84. The van der Waals surface area contributed by atoms with Crippen LogP contribution < -0.4 is 14.8 Å². The summed E-state index contributed by atoms with van der Waals surface area (Å²) in [5.41, 5.74) is 1.80. The van der Waals surface area contributed by atoms with E-state index in [0.29, 0.717) is 28.7 Å². The number of hydrogen-bond acceptors (Lipinski definition) is 4. The molecule has 7 heteroatoms. The number of carbonyl (C=O) groups is 1. The molecule has 1 aromatic heterocycles. The summed E-state index contributed by atoms with van der Waals surface area (Å²) in [6.07, 6.45) is 1.67. The zero-order valence-corrected chi connectivity index (χ0v) is 16.5.